The van der Waals surface area contributed by atoms with Crippen molar-refractivity contribution < 1.29 is 13.6 Å². The molecule has 0 unspecified atom stereocenters. The number of nitrogens with zero attached hydrogens (tertiary/aromatic N) is 2. The molecule has 0 aliphatic carbocycles. The largest absolute Gasteiger partial charge is 0.463 e. The predicted octanol–water partition coefficient (Wildman–Crippen LogP) is 6.06. The number of amides is 1. The van der Waals surface area contributed by atoms with Crippen molar-refractivity contribution in [2.45, 2.75) is 0 Å². The third-order valence-corrected chi connectivity index (χ3v) is 4.89. The number of halogens is 1. The van der Waals surface area contributed by atoms with Crippen molar-refractivity contribution in [2.75, 3.05) is 5.32 Å². The van der Waals surface area contributed by atoms with E-state index in [0.29, 0.717) is 50.2 Å². The molecule has 6 nitrogen and oxygen atoms in total. The number of nitrogens with one attached hydrogen (secondary N) is 1. The van der Waals surface area contributed by atoms with Crippen LogP contribution in [0.2, 0.25) is 5.02 Å². The average Bonchev–Trinajstić information content (AvgIpc) is 3.48. The first-order chi connectivity index (χ1) is 14.7. The zero-order valence-corrected chi connectivity index (χ0v) is 16.3. The minimum Gasteiger partial charge on any atom is -0.463 e. The van der Waals surface area contributed by atoms with Crippen molar-refractivity contribution >= 4 is 34.2 Å². The molecule has 7 heteroatoms. The Hall–Kier alpha value is -3.90. The highest BCUT2D eigenvalue weighted by molar-refractivity contribution is 6.33. The lowest BCUT2D eigenvalue weighted by Crippen LogP contribution is -2.12. The van der Waals surface area contributed by atoms with Crippen LogP contribution in [-0.4, -0.2) is 15.9 Å². The maximum absolute atomic E-state index is 12.7. The maximum Gasteiger partial charge on any atom is 0.255 e. The van der Waals surface area contributed by atoms with Gasteiger partial charge in [0.1, 0.15) is 11.4 Å². The van der Waals surface area contributed by atoms with Crippen LogP contribution in [0, 0.1) is 0 Å². The van der Waals surface area contributed by atoms with E-state index in [9.17, 15) is 4.79 Å². The molecule has 0 radical (unpaired) electrons. The second-order valence-electron chi connectivity index (χ2n) is 6.51. The number of furan rings is 2. The minimum absolute atomic E-state index is 0.290. The average molecular weight is 416 g/mol. The number of para-hydroxylation sites is 1. The molecule has 0 spiro atoms. The molecule has 30 heavy (non-hydrogen) atoms. The van der Waals surface area contributed by atoms with Gasteiger partial charge in [-0.05, 0) is 54.6 Å². The van der Waals surface area contributed by atoms with Gasteiger partial charge in [-0.2, -0.15) is 0 Å². The zero-order chi connectivity index (χ0) is 20.5. The van der Waals surface area contributed by atoms with E-state index in [0.717, 1.165) is 0 Å². The van der Waals surface area contributed by atoms with Gasteiger partial charge in [0.2, 0.25) is 0 Å². The molecular formula is C23H14ClN3O3. The van der Waals surface area contributed by atoms with Gasteiger partial charge >= 0.3 is 0 Å². The molecule has 0 saturated carbocycles. The molecule has 0 saturated heterocycles. The highest BCUT2D eigenvalue weighted by Crippen LogP contribution is 2.32. The molecule has 2 aromatic carbocycles. The van der Waals surface area contributed by atoms with Crippen LogP contribution in [0.4, 0.5) is 5.69 Å². The zero-order valence-electron chi connectivity index (χ0n) is 15.5. The van der Waals surface area contributed by atoms with Crippen LogP contribution in [-0.2, 0) is 0 Å². The molecule has 0 aliphatic heterocycles. The highest BCUT2D eigenvalue weighted by Gasteiger charge is 2.18. The Bertz CT molecular complexity index is 1350. The Balaban J connectivity index is 1.58. The van der Waals surface area contributed by atoms with E-state index in [1.165, 1.54) is 0 Å². The van der Waals surface area contributed by atoms with Crippen molar-refractivity contribution in [3.63, 3.8) is 0 Å². The summed E-state index contributed by atoms with van der Waals surface area (Å²) in [5.41, 5.74) is 3.27. The molecule has 0 bridgehead atoms. The molecule has 0 aliphatic rings. The van der Waals surface area contributed by atoms with E-state index >= 15 is 0 Å². The van der Waals surface area contributed by atoms with E-state index in [2.05, 4.69) is 5.32 Å². The standard InChI is InChI=1S/C23H14ClN3O3/c24-15-5-1-2-6-16(15)27-23(28)14-9-10-17-18(13-14)26-22(20-8-4-12-30-20)21(25-17)19-7-3-11-29-19/h1-13H,(H,27,28). The summed E-state index contributed by atoms with van der Waals surface area (Å²) >= 11 is 6.14. The Morgan fingerprint density at radius 3 is 2.10 bits per heavy atom. The van der Waals surface area contributed by atoms with E-state index in [4.69, 9.17) is 30.4 Å². The van der Waals surface area contributed by atoms with Crippen LogP contribution in [0.5, 0.6) is 0 Å². The molecule has 1 amide bonds. The topological polar surface area (TPSA) is 81.2 Å². The van der Waals surface area contributed by atoms with Gasteiger partial charge < -0.3 is 14.2 Å². The van der Waals surface area contributed by atoms with E-state index in [1.54, 1.807) is 73.2 Å². The van der Waals surface area contributed by atoms with Gasteiger partial charge in [0.05, 0.1) is 34.3 Å². The van der Waals surface area contributed by atoms with Crippen molar-refractivity contribution in [1.29, 1.82) is 0 Å². The fourth-order valence-corrected chi connectivity index (χ4v) is 3.31. The lowest BCUT2D eigenvalue weighted by molar-refractivity contribution is 0.102. The van der Waals surface area contributed by atoms with Crippen LogP contribution in [0.25, 0.3) is 33.9 Å². The van der Waals surface area contributed by atoms with Gasteiger partial charge in [-0.15, -0.1) is 0 Å². The summed E-state index contributed by atoms with van der Waals surface area (Å²) in [6.07, 6.45) is 3.15. The number of rotatable bonds is 4. The molecular weight excluding hydrogens is 402 g/mol. The molecule has 0 atom stereocenters. The fraction of sp³-hybridized carbons (Fsp3) is 0. The molecule has 5 rings (SSSR count). The van der Waals surface area contributed by atoms with Gasteiger partial charge in [0, 0.05) is 5.56 Å². The Morgan fingerprint density at radius 1 is 0.800 bits per heavy atom. The SMILES string of the molecule is O=C(Nc1ccccc1Cl)c1ccc2nc(-c3ccco3)c(-c3ccco3)nc2c1. The van der Waals surface area contributed by atoms with Crippen LogP contribution in [0.15, 0.2) is 88.1 Å². The summed E-state index contributed by atoms with van der Waals surface area (Å²) < 4.78 is 11.1. The summed E-state index contributed by atoms with van der Waals surface area (Å²) in [6.45, 7) is 0. The van der Waals surface area contributed by atoms with Crippen molar-refractivity contribution in [3.8, 4) is 22.9 Å². The monoisotopic (exact) mass is 415 g/mol. The Morgan fingerprint density at radius 2 is 1.47 bits per heavy atom. The normalized spacial score (nSPS) is 11.0. The molecule has 1 N–H and O–H groups in total. The van der Waals surface area contributed by atoms with E-state index < -0.39 is 0 Å². The maximum atomic E-state index is 12.7. The summed E-state index contributed by atoms with van der Waals surface area (Å²) in [4.78, 5) is 22.1. The van der Waals surface area contributed by atoms with Crippen LogP contribution in [0.1, 0.15) is 10.4 Å². The van der Waals surface area contributed by atoms with E-state index in [1.807, 2.05) is 6.07 Å². The quantitative estimate of drug-likeness (QED) is 0.386. The van der Waals surface area contributed by atoms with Gasteiger partial charge in [0.25, 0.3) is 5.91 Å². The van der Waals surface area contributed by atoms with Crippen LogP contribution < -0.4 is 5.32 Å². The van der Waals surface area contributed by atoms with Crippen LogP contribution in [0.3, 0.4) is 0 Å². The van der Waals surface area contributed by atoms with Crippen molar-refractivity contribution in [3.05, 3.63) is 89.8 Å². The van der Waals surface area contributed by atoms with Crippen LogP contribution >= 0.6 is 11.6 Å². The number of carbonyl (C=O) groups excluding carboxylic acids is 1. The lowest BCUT2D eigenvalue weighted by Gasteiger charge is -2.09. The summed E-state index contributed by atoms with van der Waals surface area (Å²) in [7, 11) is 0. The Labute approximate surface area is 176 Å². The predicted molar refractivity (Wildman–Crippen MR) is 114 cm³/mol. The number of hydrogen-bond donors (Lipinski definition) is 1. The lowest BCUT2D eigenvalue weighted by atomic mass is 10.1. The first-order valence-electron chi connectivity index (χ1n) is 9.14. The molecule has 0 fully saturated rings. The van der Waals surface area contributed by atoms with Gasteiger partial charge in [-0.3, -0.25) is 4.79 Å². The molecule has 146 valence electrons. The third kappa shape index (κ3) is 3.33. The number of benzene rings is 2. The van der Waals surface area contributed by atoms with E-state index in [-0.39, 0.29) is 5.91 Å². The fourth-order valence-electron chi connectivity index (χ4n) is 3.12. The number of anilines is 1. The number of fused-ring (bicyclic) bond motifs is 1. The second kappa shape index (κ2) is 7.50. The van der Waals surface area contributed by atoms with Gasteiger partial charge in [-0.25, -0.2) is 9.97 Å². The van der Waals surface area contributed by atoms with Crippen molar-refractivity contribution in [2.24, 2.45) is 0 Å². The smallest absolute Gasteiger partial charge is 0.255 e. The molecule has 3 heterocycles. The molecule has 3 aromatic heterocycles. The van der Waals surface area contributed by atoms with Crippen molar-refractivity contribution in [1.82, 2.24) is 9.97 Å². The summed E-state index contributed by atoms with van der Waals surface area (Å²) in [5, 5.41) is 3.28. The highest BCUT2D eigenvalue weighted by atomic mass is 35.5. The third-order valence-electron chi connectivity index (χ3n) is 4.56. The minimum atomic E-state index is -0.290. The number of carbonyl (C=O) groups is 1. The summed E-state index contributed by atoms with van der Waals surface area (Å²) in [5.74, 6) is 0.847. The second-order valence-corrected chi connectivity index (χ2v) is 6.92. The Kier molecular flexibility index (Phi) is 4.53. The first kappa shape index (κ1) is 18.1. The van der Waals surface area contributed by atoms with Gasteiger partial charge in [0.15, 0.2) is 11.5 Å². The number of hydrogen-bond acceptors (Lipinski definition) is 5. The number of aromatic nitrogens is 2. The van der Waals surface area contributed by atoms with Gasteiger partial charge in [-0.1, -0.05) is 23.7 Å². The molecule has 5 aromatic rings. The first-order valence-corrected chi connectivity index (χ1v) is 9.52. The summed E-state index contributed by atoms with van der Waals surface area (Å²) in [6, 6.07) is 19.4.